The summed E-state index contributed by atoms with van der Waals surface area (Å²) in [6.07, 6.45) is -1.37. The molecule has 1 atom stereocenters. The Kier molecular flexibility index (Phi) is 2.26. The van der Waals surface area contributed by atoms with Crippen molar-refractivity contribution < 1.29 is 15.0 Å². The number of aliphatic hydroxyl groups excluding tert-OH is 1. The molecule has 0 amide bonds. The van der Waals surface area contributed by atoms with Crippen molar-refractivity contribution in [2.75, 3.05) is 0 Å². The van der Waals surface area contributed by atoms with E-state index in [4.69, 9.17) is 10.2 Å². The van der Waals surface area contributed by atoms with Gasteiger partial charge in [0.2, 0.25) is 0 Å². The highest BCUT2D eigenvalue weighted by atomic mass is 32.1. The van der Waals surface area contributed by atoms with Crippen LogP contribution < -0.4 is 0 Å². The second-order valence-corrected chi connectivity index (χ2v) is 3.51. The van der Waals surface area contributed by atoms with Crippen molar-refractivity contribution in [2.24, 2.45) is 0 Å². The van der Waals surface area contributed by atoms with E-state index in [2.05, 4.69) is 0 Å². The van der Waals surface area contributed by atoms with Crippen molar-refractivity contribution in [3.8, 4) is 0 Å². The molecule has 60 valence electrons. The molecule has 0 aromatic carbocycles. The maximum absolute atomic E-state index is 10.3. The Morgan fingerprint density at radius 3 is 2.64 bits per heavy atom. The summed E-state index contributed by atoms with van der Waals surface area (Å²) in [5.74, 6) is -1.20. The van der Waals surface area contributed by atoms with E-state index in [1.807, 2.05) is 6.92 Å². The zero-order valence-electron chi connectivity index (χ0n) is 5.94. The van der Waals surface area contributed by atoms with Gasteiger partial charge in [0, 0.05) is 9.75 Å². The third-order valence-electron chi connectivity index (χ3n) is 1.26. The number of carboxylic acid groups (broad SMARTS) is 1. The summed E-state index contributed by atoms with van der Waals surface area (Å²) in [6.45, 7) is 1.86. The molecule has 0 saturated carbocycles. The summed E-state index contributed by atoms with van der Waals surface area (Å²) in [5.41, 5.74) is 0. The molecule has 1 aromatic heterocycles. The fourth-order valence-electron chi connectivity index (χ4n) is 0.722. The first-order valence-electron chi connectivity index (χ1n) is 3.08. The van der Waals surface area contributed by atoms with Gasteiger partial charge in [0.15, 0.2) is 6.10 Å². The lowest BCUT2D eigenvalue weighted by atomic mass is 10.3. The van der Waals surface area contributed by atoms with E-state index in [9.17, 15) is 4.79 Å². The van der Waals surface area contributed by atoms with E-state index in [-0.39, 0.29) is 0 Å². The molecule has 1 heterocycles. The van der Waals surface area contributed by atoms with Gasteiger partial charge in [-0.25, -0.2) is 4.79 Å². The van der Waals surface area contributed by atoms with Crippen molar-refractivity contribution in [2.45, 2.75) is 13.0 Å². The summed E-state index contributed by atoms with van der Waals surface area (Å²) in [6, 6.07) is 3.41. The van der Waals surface area contributed by atoms with Crippen LogP contribution in [-0.2, 0) is 4.79 Å². The van der Waals surface area contributed by atoms with Gasteiger partial charge in [0.05, 0.1) is 0 Å². The molecule has 4 heteroatoms. The summed E-state index contributed by atoms with van der Waals surface area (Å²) < 4.78 is 0. The third kappa shape index (κ3) is 1.78. The van der Waals surface area contributed by atoms with Crippen molar-refractivity contribution in [3.05, 3.63) is 21.9 Å². The summed E-state index contributed by atoms with van der Waals surface area (Å²) >= 11 is 1.29. The van der Waals surface area contributed by atoms with E-state index in [0.29, 0.717) is 4.88 Å². The smallest absolute Gasteiger partial charge is 0.338 e. The van der Waals surface area contributed by atoms with Gasteiger partial charge in [-0.15, -0.1) is 11.3 Å². The predicted molar refractivity (Wildman–Crippen MR) is 41.7 cm³/mol. The Bertz CT molecular complexity index is 266. The second kappa shape index (κ2) is 3.02. The lowest BCUT2D eigenvalue weighted by Gasteiger charge is -1.99. The topological polar surface area (TPSA) is 57.5 Å². The molecular weight excluding hydrogens is 164 g/mol. The molecule has 1 aromatic rings. The number of aryl methyl sites for hydroxylation is 1. The monoisotopic (exact) mass is 172 g/mol. The highest BCUT2D eigenvalue weighted by molar-refractivity contribution is 7.12. The summed E-state index contributed by atoms with van der Waals surface area (Å²) in [7, 11) is 0. The highest BCUT2D eigenvalue weighted by Gasteiger charge is 2.16. The molecular formula is C7H8O3S. The average Bonchev–Trinajstić information content (AvgIpc) is 2.34. The first-order valence-corrected chi connectivity index (χ1v) is 3.90. The zero-order chi connectivity index (χ0) is 8.43. The zero-order valence-corrected chi connectivity index (χ0v) is 6.76. The minimum atomic E-state index is -1.37. The van der Waals surface area contributed by atoms with Gasteiger partial charge in [0.25, 0.3) is 0 Å². The molecule has 2 N–H and O–H groups in total. The maximum Gasteiger partial charge on any atom is 0.338 e. The first kappa shape index (κ1) is 8.23. The van der Waals surface area contributed by atoms with Gasteiger partial charge in [-0.3, -0.25) is 0 Å². The molecule has 3 nitrogen and oxygen atoms in total. The fourth-order valence-corrected chi connectivity index (χ4v) is 1.58. The number of thiophene rings is 1. The Morgan fingerprint density at radius 2 is 2.27 bits per heavy atom. The van der Waals surface area contributed by atoms with E-state index >= 15 is 0 Å². The molecule has 0 radical (unpaired) electrons. The van der Waals surface area contributed by atoms with Crippen molar-refractivity contribution in [3.63, 3.8) is 0 Å². The van der Waals surface area contributed by atoms with Crippen LogP contribution in [0.5, 0.6) is 0 Å². The average molecular weight is 172 g/mol. The van der Waals surface area contributed by atoms with Crippen LogP contribution in [0.4, 0.5) is 0 Å². The number of hydrogen-bond donors (Lipinski definition) is 2. The van der Waals surface area contributed by atoms with Gasteiger partial charge < -0.3 is 10.2 Å². The summed E-state index contributed by atoms with van der Waals surface area (Å²) in [5, 5.41) is 17.4. The van der Waals surface area contributed by atoms with Gasteiger partial charge in [-0.1, -0.05) is 0 Å². The molecule has 0 aliphatic rings. The fraction of sp³-hybridized carbons (Fsp3) is 0.286. The number of rotatable bonds is 2. The normalized spacial score (nSPS) is 12.9. The number of carbonyl (C=O) groups is 1. The molecule has 0 spiro atoms. The van der Waals surface area contributed by atoms with Crippen molar-refractivity contribution >= 4 is 17.3 Å². The second-order valence-electron chi connectivity index (χ2n) is 2.19. The number of hydrogen-bond acceptors (Lipinski definition) is 3. The number of aliphatic carboxylic acids is 1. The van der Waals surface area contributed by atoms with Gasteiger partial charge in [0.1, 0.15) is 0 Å². The van der Waals surface area contributed by atoms with Crippen molar-refractivity contribution in [1.29, 1.82) is 0 Å². The molecule has 0 saturated heterocycles. The van der Waals surface area contributed by atoms with E-state index in [1.54, 1.807) is 12.1 Å². The van der Waals surface area contributed by atoms with Crippen LogP contribution in [0.1, 0.15) is 15.9 Å². The Labute approximate surface area is 67.9 Å². The Hall–Kier alpha value is -0.870. The van der Waals surface area contributed by atoms with Crippen LogP contribution in [0.3, 0.4) is 0 Å². The lowest BCUT2D eigenvalue weighted by Crippen LogP contribution is -2.08. The van der Waals surface area contributed by atoms with Crippen LogP contribution in [0.2, 0.25) is 0 Å². The number of carboxylic acids is 1. The maximum atomic E-state index is 10.3. The van der Waals surface area contributed by atoms with E-state index in [1.165, 1.54) is 11.3 Å². The molecule has 0 aliphatic heterocycles. The highest BCUT2D eigenvalue weighted by Crippen LogP contribution is 2.22. The third-order valence-corrected chi connectivity index (χ3v) is 2.32. The largest absolute Gasteiger partial charge is 0.479 e. The minimum absolute atomic E-state index is 0.481. The van der Waals surface area contributed by atoms with E-state index in [0.717, 1.165) is 4.88 Å². The van der Waals surface area contributed by atoms with Crippen LogP contribution in [0, 0.1) is 6.92 Å². The molecule has 0 aliphatic carbocycles. The first-order chi connectivity index (χ1) is 5.11. The van der Waals surface area contributed by atoms with E-state index < -0.39 is 12.1 Å². The van der Waals surface area contributed by atoms with Gasteiger partial charge in [-0.2, -0.15) is 0 Å². The molecule has 0 fully saturated rings. The van der Waals surface area contributed by atoms with Crippen molar-refractivity contribution in [1.82, 2.24) is 0 Å². The predicted octanol–water partition coefficient (Wildman–Crippen LogP) is 1.17. The van der Waals surface area contributed by atoms with Crippen LogP contribution in [0.15, 0.2) is 12.1 Å². The quantitative estimate of drug-likeness (QED) is 0.704. The molecule has 1 rings (SSSR count). The van der Waals surface area contributed by atoms with Gasteiger partial charge in [-0.05, 0) is 19.1 Å². The number of aliphatic hydroxyl groups is 1. The standard InChI is InChI=1S/C7H8O3S/c1-4-2-3-5(11-4)6(8)7(9)10/h2-3,6,8H,1H3,(H,9,10)/t6-/m1/s1. The summed E-state index contributed by atoms with van der Waals surface area (Å²) in [4.78, 5) is 11.7. The minimum Gasteiger partial charge on any atom is -0.479 e. The molecule has 0 unspecified atom stereocenters. The van der Waals surface area contributed by atoms with Gasteiger partial charge >= 0.3 is 5.97 Å². The lowest BCUT2D eigenvalue weighted by molar-refractivity contribution is -0.146. The van der Waals surface area contributed by atoms with Crippen LogP contribution in [-0.4, -0.2) is 16.2 Å². The SMILES string of the molecule is Cc1ccc([C@@H](O)C(=O)O)s1. The van der Waals surface area contributed by atoms with Crippen LogP contribution >= 0.6 is 11.3 Å². The molecule has 11 heavy (non-hydrogen) atoms. The molecule has 0 bridgehead atoms. The Balaban J connectivity index is 2.84. The Morgan fingerprint density at radius 1 is 1.64 bits per heavy atom. The van der Waals surface area contributed by atoms with Crippen LogP contribution in [0.25, 0.3) is 0 Å².